The molecule has 20 heteroatoms. The lowest BCUT2D eigenvalue weighted by Crippen LogP contribution is -2.17. The van der Waals surface area contributed by atoms with Crippen molar-refractivity contribution >= 4 is 53.7 Å². The summed E-state index contributed by atoms with van der Waals surface area (Å²) in [6.45, 7) is 13.2. The van der Waals surface area contributed by atoms with E-state index in [-0.39, 0.29) is 30.8 Å². The molecule has 7 aromatic carbocycles. The van der Waals surface area contributed by atoms with Crippen molar-refractivity contribution in [1.82, 2.24) is 19.9 Å². The molecule has 1 aliphatic carbocycles. The van der Waals surface area contributed by atoms with E-state index in [1.54, 1.807) is 24.3 Å². The second kappa shape index (κ2) is 38.5. The van der Waals surface area contributed by atoms with Crippen molar-refractivity contribution in [1.29, 1.82) is 0 Å². The fourth-order valence-electron chi connectivity index (χ4n) is 10.9. The zero-order valence-corrected chi connectivity index (χ0v) is 57.6. The monoisotopic (exact) mass is 1390 g/mol. The average Bonchev–Trinajstić information content (AvgIpc) is 0.778. The highest BCUT2D eigenvalue weighted by Crippen LogP contribution is 2.35. The summed E-state index contributed by atoms with van der Waals surface area (Å²) in [5, 5.41) is 33.2. The average molecular weight is 1390 g/mol. The molecule has 4 aromatic heterocycles. The Kier molecular flexibility index (Phi) is 28.1. The first-order valence-electron chi connectivity index (χ1n) is 33.8. The lowest BCUT2D eigenvalue weighted by molar-refractivity contribution is 0.0273. The van der Waals surface area contributed by atoms with Gasteiger partial charge in [0, 0.05) is 49.8 Å². The number of nitrogens with zero attached hydrogens (tertiary/aromatic N) is 4. The van der Waals surface area contributed by atoms with E-state index in [1.165, 1.54) is 0 Å². The van der Waals surface area contributed by atoms with Gasteiger partial charge in [-0.15, -0.1) is 13.2 Å². The molecule has 4 heterocycles. The van der Waals surface area contributed by atoms with Crippen molar-refractivity contribution < 1.29 is 70.6 Å². The Morgan fingerprint density at radius 1 is 0.366 bits per heavy atom. The standard InChI is InChI=1S/C40H38N2O6.C24H22N2O2.C17H26O7S/c1-2-3-22-46-35-16-18-36(19-17-35)48-28-26-45-24-23-44-25-27-47-34-14-8-30(9-15-34)38-21-11-32-5-4-31-10-20-37(41-39(31)40(32)42-38)29-6-12-33(43)13-7-29;27-19-9-3-15(4-10-19)21-13-7-17-1-2-18-8-14-22(26-24(18)23(17)25-21)16-5-11-20(28)12-6-16;1-3-4-9-22-16-5-7-17(8-6-16)23-14-12-20-10-11-21-13-15-24-25(2,18)19/h2,4-21,43H,1,3,22-28H2;1-4,7-10,13-14,16,20,27-28H,5-6,11-12H2;3,5-8H,1,4,9-15H2,2H3. The topological polar surface area (TPSA) is 239 Å². The largest absolute Gasteiger partial charge is 0.508 e. The van der Waals surface area contributed by atoms with Gasteiger partial charge in [0.15, 0.2) is 0 Å². The highest BCUT2D eigenvalue weighted by Gasteiger charge is 2.23. The molecule has 0 amide bonds. The van der Waals surface area contributed by atoms with Gasteiger partial charge in [0.25, 0.3) is 10.1 Å². The fourth-order valence-corrected chi connectivity index (χ4v) is 11.3. The van der Waals surface area contributed by atoms with E-state index in [4.69, 9.17) is 62.6 Å². The molecule has 0 radical (unpaired) electrons. The van der Waals surface area contributed by atoms with Crippen molar-refractivity contribution in [3.63, 3.8) is 0 Å². The van der Waals surface area contributed by atoms with Crippen LogP contribution in [0, 0.1) is 0 Å². The molecule has 0 aliphatic heterocycles. The maximum Gasteiger partial charge on any atom is 0.264 e. The molecular weight excluding hydrogens is 1300 g/mol. The summed E-state index contributed by atoms with van der Waals surface area (Å²) in [6.07, 6.45) is 9.77. The van der Waals surface area contributed by atoms with Crippen molar-refractivity contribution in [2.24, 2.45) is 0 Å². The van der Waals surface area contributed by atoms with Gasteiger partial charge in [0.1, 0.15) is 60.1 Å². The lowest BCUT2D eigenvalue weighted by Gasteiger charge is -2.25. The van der Waals surface area contributed by atoms with Crippen LogP contribution in [-0.2, 0) is 33.2 Å². The summed E-state index contributed by atoms with van der Waals surface area (Å²) >= 11 is 0. The van der Waals surface area contributed by atoms with Gasteiger partial charge in [-0.25, -0.2) is 15.0 Å². The predicted molar refractivity (Wildman–Crippen MR) is 395 cm³/mol. The predicted octanol–water partition coefficient (Wildman–Crippen LogP) is 15.5. The van der Waals surface area contributed by atoms with E-state index in [2.05, 4.69) is 71.9 Å². The number of aliphatic hydroxyl groups excluding tert-OH is 1. The van der Waals surface area contributed by atoms with Gasteiger partial charge in [-0.05, 0) is 184 Å². The van der Waals surface area contributed by atoms with Gasteiger partial charge in [-0.2, -0.15) is 8.42 Å². The number of hydrogen-bond donors (Lipinski definition) is 3. The molecule has 526 valence electrons. The summed E-state index contributed by atoms with van der Waals surface area (Å²) < 4.78 is 75.9. The molecule has 12 rings (SSSR count). The van der Waals surface area contributed by atoms with E-state index in [9.17, 15) is 23.7 Å². The van der Waals surface area contributed by atoms with E-state index < -0.39 is 10.1 Å². The van der Waals surface area contributed by atoms with Crippen LogP contribution in [0.3, 0.4) is 0 Å². The van der Waals surface area contributed by atoms with Gasteiger partial charge in [0.05, 0.1) is 124 Å². The minimum atomic E-state index is -3.40. The Hall–Kier alpha value is -10.0. The van der Waals surface area contributed by atoms with Crippen molar-refractivity contribution in [2.75, 3.05) is 98.8 Å². The molecule has 0 unspecified atom stereocenters. The number of aliphatic hydroxyl groups is 1. The molecule has 19 nitrogen and oxygen atoms in total. The van der Waals surface area contributed by atoms with Gasteiger partial charge in [-0.3, -0.25) is 9.17 Å². The second-order valence-electron chi connectivity index (χ2n) is 23.7. The molecule has 101 heavy (non-hydrogen) atoms. The Labute approximate surface area is 589 Å². The quantitative estimate of drug-likeness (QED) is 0.0147. The van der Waals surface area contributed by atoms with Gasteiger partial charge >= 0.3 is 0 Å². The zero-order chi connectivity index (χ0) is 70.4. The Balaban J connectivity index is 0.000000177. The molecule has 11 aromatic rings. The van der Waals surface area contributed by atoms with Crippen LogP contribution in [0.25, 0.3) is 77.4 Å². The number of phenolic OH excluding ortho intramolecular Hbond substituents is 2. The van der Waals surface area contributed by atoms with Crippen LogP contribution in [0.2, 0.25) is 0 Å². The zero-order valence-electron chi connectivity index (χ0n) is 56.8. The van der Waals surface area contributed by atoms with E-state index >= 15 is 0 Å². The molecule has 0 spiro atoms. The molecule has 0 saturated heterocycles. The number of pyridine rings is 4. The van der Waals surface area contributed by atoms with Gasteiger partial charge in [-0.1, -0.05) is 60.7 Å². The minimum absolute atomic E-state index is 0.00917. The summed E-state index contributed by atoms with van der Waals surface area (Å²) in [6, 6.07) is 61.8. The third-order valence-corrected chi connectivity index (χ3v) is 16.8. The van der Waals surface area contributed by atoms with Crippen LogP contribution in [0.5, 0.6) is 40.2 Å². The van der Waals surface area contributed by atoms with E-state index in [1.807, 2.05) is 127 Å². The van der Waals surface area contributed by atoms with Crippen molar-refractivity contribution in [2.45, 2.75) is 50.5 Å². The molecule has 0 bridgehead atoms. The summed E-state index contributed by atoms with van der Waals surface area (Å²) in [5.74, 6) is 4.77. The van der Waals surface area contributed by atoms with E-state index in [0.29, 0.717) is 85.2 Å². The lowest BCUT2D eigenvalue weighted by atomic mass is 9.85. The number of ether oxygens (including phenoxy) is 9. The minimum Gasteiger partial charge on any atom is -0.508 e. The third-order valence-electron chi connectivity index (χ3n) is 16.2. The van der Waals surface area contributed by atoms with E-state index in [0.717, 1.165) is 157 Å². The molecular formula is C81H86N4O15S. The number of fused-ring (bicyclic) bond motifs is 6. The molecule has 1 aliphatic rings. The third kappa shape index (κ3) is 23.3. The number of aromatic nitrogens is 4. The Bertz CT molecular complexity index is 4500. The Morgan fingerprint density at radius 3 is 1.00 bits per heavy atom. The molecule has 0 atom stereocenters. The fraction of sp³-hybridized carbons (Fsp3) is 0.284. The van der Waals surface area contributed by atoms with Crippen LogP contribution in [0.4, 0.5) is 0 Å². The van der Waals surface area contributed by atoms with Crippen molar-refractivity contribution in [3.05, 3.63) is 225 Å². The number of phenols is 2. The molecule has 3 N–H and O–H groups in total. The van der Waals surface area contributed by atoms with Gasteiger partial charge in [0.2, 0.25) is 0 Å². The van der Waals surface area contributed by atoms with Crippen molar-refractivity contribution in [3.8, 4) is 74.0 Å². The highest BCUT2D eigenvalue weighted by molar-refractivity contribution is 7.86. The number of benzene rings is 7. The van der Waals surface area contributed by atoms with Crippen LogP contribution in [0.15, 0.2) is 219 Å². The maximum atomic E-state index is 10.7. The number of hydrogen-bond acceptors (Lipinski definition) is 19. The van der Waals surface area contributed by atoms with Gasteiger partial charge < -0.3 is 58.0 Å². The van der Waals surface area contributed by atoms with Crippen LogP contribution in [0.1, 0.15) is 50.1 Å². The summed E-state index contributed by atoms with van der Waals surface area (Å²) in [4.78, 5) is 19.9. The summed E-state index contributed by atoms with van der Waals surface area (Å²) in [7, 11) is -3.40. The smallest absolute Gasteiger partial charge is 0.264 e. The first-order valence-corrected chi connectivity index (χ1v) is 35.7. The van der Waals surface area contributed by atoms with Crippen LogP contribution in [-0.4, -0.2) is 149 Å². The summed E-state index contributed by atoms with van der Waals surface area (Å²) in [5.41, 5.74) is 10.1. The molecule has 1 saturated carbocycles. The highest BCUT2D eigenvalue weighted by atomic mass is 32.2. The number of rotatable bonds is 34. The normalized spacial score (nSPS) is 13.6. The number of aromatic hydroxyl groups is 2. The first-order chi connectivity index (χ1) is 49.3. The first kappa shape index (κ1) is 73.7. The second-order valence-corrected chi connectivity index (χ2v) is 25.3. The maximum absolute atomic E-state index is 10.7. The molecule has 1 fully saturated rings. The van der Waals surface area contributed by atoms with Crippen LogP contribution >= 0.6 is 0 Å². The van der Waals surface area contributed by atoms with Crippen LogP contribution < -0.4 is 23.7 Å². The SMILES string of the molecule is C=CCCOc1ccc(OCCOCCOCCOS(C)(=O)=O)cc1.C=CCCOc1ccc(OCCOCCOCCOc2ccc(-c3ccc4ccc5ccc(-c6ccc(O)cc6)nc5c4n3)cc2)cc1.Oc1ccc(-c2ccc3ccc4ccc(C5CCC(O)CC5)nc4c3n2)cc1. The Morgan fingerprint density at radius 2 is 0.653 bits per heavy atom.